The van der Waals surface area contributed by atoms with Gasteiger partial charge >= 0.3 is 0 Å². The van der Waals surface area contributed by atoms with E-state index in [0.29, 0.717) is 4.80 Å². The Morgan fingerprint density at radius 2 is 2.25 bits per heavy atom. The summed E-state index contributed by atoms with van der Waals surface area (Å²) in [7, 11) is 1.91. The Kier molecular flexibility index (Phi) is 1.81. The number of benzene rings is 1. The summed E-state index contributed by atoms with van der Waals surface area (Å²) in [6.07, 6.45) is 0. The Bertz CT molecular complexity index is 483. The molecule has 0 amide bonds. The monoisotopic (exact) mass is 242 g/mol. The second-order valence-electron chi connectivity index (χ2n) is 2.55. The van der Waals surface area contributed by atoms with E-state index in [-0.39, 0.29) is 0 Å². The first-order chi connectivity index (χ1) is 5.70. The molecule has 2 nitrogen and oxygen atoms in total. The van der Waals surface area contributed by atoms with Crippen molar-refractivity contribution in [2.75, 3.05) is 0 Å². The molecule has 2 aromatic rings. The molecule has 12 heavy (non-hydrogen) atoms. The highest BCUT2D eigenvalue weighted by Gasteiger charge is 2.03. The fraction of sp³-hybridized carbons (Fsp3) is 0.125. The van der Waals surface area contributed by atoms with Crippen LogP contribution >= 0.6 is 27.3 Å². The quantitative estimate of drug-likeness (QED) is 0.736. The van der Waals surface area contributed by atoms with Crippen LogP contribution in [0.1, 0.15) is 0 Å². The van der Waals surface area contributed by atoms with Gasteiger partial charge in [0.15, 0.2) is 4.80 Å². The molecule has 1 aromatic carbocycles. The van der Waals surface area contributed by atoms with Gasteiger partial charge in [0, 0.05) is 11.5 Å². The molecule has 0 aliphatic rings. The van der Waals surface area contributed by atoms with Crippen LogP contribution in [0.2, 0.25) is 0 Å². The zero-order valence-corrected chi connectivity index (χ0v) is 8.87. The van der Waals surface area contributed by atoms with E-state index in [4.69, 9.17) is 5.41 Å². The summed E-state index contributed by atoms with van der Waals surface area (Å²) in [6, 6.07) is 6.01. The average molecular weight is 243 g/mol. The Morgan fingerprint density at radius 1 is 1.50 bits per heavy atom. The molecule has 2 rings (SSSR count). The van der Waals surface area contributed by atoms with Crippen molar-refractivity contribution >= 4 is 37.5 Å². The molecule has 0 aliphatic heterocycles. The summed E-state index contributed by atoms with van der Waals surface area (Å²) in [5.41, 5.74) is 1.10. The van der Waals surface area contributed by atoms with E-state index < -0.39 is 0 Å². The predicted molar refractivity (Wildman–Crippen MR) is 54.4 cm³/mol. The first kappa shape index (κ1) is 8.01. The van der Waals surface area contributed by atoms with E-state index >= 15 is 0 Å². The van der Waals surface area contributed by atoms with Gasteiger partial charge in [-0.2, -0.15) is 0 Å². The van der Waals surface area contributed by atoms with Gasteiger partial charge in [0.1, 0.15) is 0 Å². The number of nitrogens with one attached hydrogen (secondary N) is 1. The molecule has 1 heterocycles. The molecular weight excluding hydrogens is 236 g/mol. The number of thiazole rings is 1. The Balaban J connectivity index is 3.07. The number of para-hydroxylation sites is 1. The van der Waals surface area contributed by atoms with E-state index in [2.05, 4.69) is 15.9 Å². The molecule has 0 unspecified atom stereocenters. The van der Waals surface area contributed by atoms with Crippen LogP contribution in [-0.4, -0.2) is 4.57 Å². The maximum absolute atomic E-state index is 7.61. The molecule has 0 radical (unpaired) electrons. The number of hydrogen-bond donors (Lipinski definition) is 1. The summed E-state index contributed by atoms with van der Waals surface area (Å²) in [5.74, 6) is 0. The van der Waals surface area contributed by atoms with E-state index in [9.17, 15) is 0 Å². The lowest BCUT2D eigenvalue weighted by Gasteiger charge is -1.96. The molecule has 4 heteroatoms. The van der Waals surface area contributed by atoms with Crippen LogP contribution < -0.4 is 4.80 Å². The summed E-state index contributed by atoms with van der Waals surface area (Å²) in [4.78, 5) is 0.580. The standard InChI is InChI=1S/C8H7BrN2S/c1-11-7-5(9)3-2-4-6(7)12-8(11)10/h2-4,10H,1H3. The van der Waals surface area contributed by atoms with Gasteiger partial charge in [-0.15, -0.1) is 0 Å². The Hall–Kier alpha value is -0.610. The number of hydrogen-bond acceptors (Lipinski definition) is 2. The zero-order chi connectivity index (χ0) is 8.72. The number of aromatic nitrogens is 1. The van der Waals surface area contributed by atoms with Crippen molar-refractivity contribution in [1.82, 2.24) is 4.57 Å². The minimum atomic E-state index is 0.580. The van der Waals surface area contributed by atoms with Crippen LogP contribution in [0.4, 0.5) is 0 Å². The first-order valence-electron chi connectivity index (χ1n) is 3.49. The van der Waals surface area contributed by atoms with Gasteiger partial charge in [0.25, 0.3) is 0 Å². The lowest BCUT2D eigenvalue weighted by molar-refractivity contribution is 0.892. The molecule has 0 bridgehead atoms. The van der Waals surface area contributed by atoms with Crippen LogP contribution in [0.25, 0.3) is 10.2 Å². The molecule has 0 spiro atoms. The van der Waals surface area contributed by atoms with Crippen LogP contribution in [0.3, 0.4) is 0 Å². The third-order valence-corrected chi connectivity index (χ3v) is 3.45. The molecular formula is C8H7BrN2S. The normalized spacial score (nSPS) is 10.8. The van der Waals surface area contributed by atoms with Crippen LogP contribution in [0, 0.1) is 5.41 Å². The van der Waals surface area contributed by atoms with Crippen LogP contribution in [-0.2, 0) is 7.05 Å². The van der Waals surface area contributed by atoms with E-state index in [1.807, 2.05) is 29.8 Å². The predicted octanol–water partition coefficient (Wildman–Crippen LogP) is 2.48. The minimum absolute atomic E-state index is 0.580. The highest BCUT2D eigenvalue weighted by atomic mass is 79.9. The van der Waals surface area contributed by atoms with Gasteiger partial charge in [0.05, 0.1) is 10.2 Å². The Morgan fingerprint density at radius 3 is 2.92 bits per heavy atom. The molecule has 0 saturated carbocycles. The lowest BCUT2D eigenvalue weighted by Crippen LogP contribution is -2.06. The molecule has 62 valence electrons. The molecule has 1 aromatic heterocycles. The topological polar surface area (TPSA) is 28.8 Å². The number of fused-ring (bicyclic) bond motifs is 1. The van der Waals surface area contributed by atoms with Gasteiger partial charge in [-0.25, -0.2) is 0 Å². The van der Waals surface area contributed by atoms with Gasteiger partial charge in [-0.1, -0.05) is 17.4 Å². The molecule has 0 fully saturated rings. The Labute approximate surface area is 82.1 Å². The van der Waals surface area contributed by atoms with Crippen molar-refractivity contribution in [3.63, 3.8) is 0 Å². The van der Waals surface area contributed by atoms with Crippen molar-refractivity contribution in [1.29, 1.82) is 5.41 Å². The summed E-state index contributed by atoms with van der Waals surface area (Å²) < 4.78 is 4.08. The number of aryl methyl sites for hydroxylation is 1. The van der Waals surface area contributed by atoms with Gasteiger partial charge in [0.2, 0.25) is 0 Å². The van der Waals surface area contributed by atoms with E-state index in [0.717, 1.165) is 14.7 Å². The smallest absolute Gasteiger partial charge is 0.182 e. The summed E-state index contributed by atoms with van der Waals surface area (Å²) in [6.45, 7) is 0. The molecule has 1 N–H and O–H groups in total. The number of nitrogens with zero attached hydrogens (tertiary/aromatic N) is 1. The van der Waals surface area contributed by atoms with Crippen molar-refractivity contribution < 1.29 is 0 Å². The van der Waals surface area contributed by atoms with Crippen molar-refractivity contribution in [3.05, 3.63) is 27.5 Å². The summed E-state index contributed by atoms with van der Waals surface area (Å²) in [5, 5.41) is 7.61. The SMILES string of the molecule is Cn1c(=N)sc2cccc(Br)c21. The van der Waals surface area contributed by atoms with Crippen LogP contribution in [0.15, 0.2) is 22.7 Å². The molecule has 0 atom stereocenters. The number of rotatable bonds is 0. The van der Waals surface area contributed by atoms with Crippen molar-refractivity contribution in [2.45, 2.75) is 0 Å². The highest BCUT2D eigenvalue weighted by Crippen LogP contribution is 2.24. The maximum atomic E-state index is 7.61. The second kappa shape index (κ2) is 2.71. The van der Waals surface area contributed by atoms with Crippen LogP contribution in [0.5, 0.6) is 0 Å². The first-order valence-corrected chi connectivity index (χ1v) is 5.10. The molecule has 0 aliphatic carbocycles. The van der Waals surface area contributed by atoms with E-state index in [1.54, 1.807) is 0 Å². The van der Waals surface area contributed by atoms with E-state index in [1.165, 1.54) is 11.3 Å². The molecule has 0 saturated heterocycles. The number of halogens is 1. The van der Waals surface area contributed by atoms with Gasteiger partial charge in [-0.05, 0) is 28.1 Å². The third kappa shape index (κ3) is 1.03. The lowest BCUT2D eigenvalue weighted by atomic mass is 10.3. The highest BCUT2D eigenvalue weighted by molar-refractivity contribution is 9.10. The largest absolute Gasteiger partial charge is 0.319 e. The van der Waals surface area contributed by atoms with Crippen molar-refractivity contribution in [2.24, 2.45) is 7.05 Å². The third-order valence-electron chi connectivity index (χ3n) is 1.80. The minimum Gasteiger partial charge on any atom is -0.319 e. The van der Waals surface area contributed by atoms with Crippen molar-refractivity contribution in [3.8, 4) is 0 Å². The van der Waals surface area contributed by atoms with Gasteiger partial charge in [-0.3, -0.25) is 5.41 Å². The van der Waals surface area contributed by atoms with Gasteiger partial charge < -0.3 is 4.57 Å². The maximum Gasteiger partial charge on any atom is 0.182 e. The average Bonchev–Trinajstić information content (AvgIpc) is 2.29. The zero-order valence-electron chi connectivity index (χ0n) is 6.47. The fourth-order valence-corrected chi connectivity index (χ4v) is 2.87. The fourth-order valence-electron chi connectivity index (χ4n) is 1.18. The summed E-state index contributed by atoms with van der Waals surface area (Å²) >= 11 is 4.96. The second-order valence-corrected chi connectivity index (χ2v) is 4.44.